The Balaban J connectivity index is 1.44. The van der Waals surface area contributed by atoms with E-state index in [2.05, 4.69) is 10.6 Å². The van der Waals surface area contributed by atoms with Gasteiger partial charge in [0.1, 0.15) is 49.3 Å². The molecular formula is C27H35N3O11. The van der Waals surface area contributed by atoms with Crippen molar-refractivity contribution >= 4 is 23.9 Å². The molecule has 224 valence electrons. The van der Waals surface area contributed by atoms with Gasteiger partial charge in [-0.25, -0.2) is 0 Å². The number of ether oxygens (including phenoxy) is 4. The fourth-order valence-corrected chi connectivity index (χ4v) is 6.03. The van der Waals surface area contributed by atoms with Crippen LogP contribution in [0.25, 0.3) is 6.08 Å². The van der Waals surface area contributed by atoms with Crippen LogP contribution in [0.1, 0.15) is 24.5 Å². The molecule has 0 spiro atoms. The molecule has 1 aliphatic carbocycles. The first kappa shape index (κ1) is 29.4. The zero-order valence-corrected chi connectivity index (χ0v) is 22.5. The number of esters is 1. The molecule has 3 heterocycles. The summed E-state index contributed by atoms with van der Waals surface area (Å²) < 4.78 is 22.5. The summed E-state index contributed by atoms with van der Waals surface area (Å²) in [6, 6.07) is 4.87. The highest BCUT2D eigenvalue weighted by atomic mass is 16.8. The molecule has 3 aliphatic heterocycles. The van der Waals surface area contributed by atoms with Crippen molar-refractivity contribution in [3.63, 3.8) is 0 Å². The number of carbonyl (C=O) groups excluding carboxylic acids is 3. The summed E-state index contributed by atoms with van der Waals surface area (Å²) in [6.07, 6.45) is -1.05. The lowest BCUT2D eigenvalue weighted by atomic mass is 9.62. The summed E-state index contributed by atoms with van der Waals surface area (Å²) >= 11 is 0. The Kier molecular flexibility index (Phi) is 8.89. The number of hydroxylamine groups is 2. The first-order valence-electron chi connectivity index (χ1n) is 13.5. The van der Waals surface area contributed by atoms with Crippen LogP contribution < -0.4 is 10.6 Å². The number of rotatable bonds is 12. The smallest absolute Gasteiger partial charge is 0.327 e. The number of nitrogens with zero attached hydrogens (tertiary/aromatic N) is 1. The van der Waals surface area contributed by atoms with Crippen LogP contribution >= 0.6 is 0 Å². The van der Waals surface area contributed by atoms with Crippen molar-refractivity contribution in [3.05, 3.63) is 41.7 Å². The van der Waals surface area contributed by atoms with Gasteiger partial charge in [0.05, 0.1) is 32.1 Å². The highest BCUT2D eigenvalue weighted by Crippen LogP contribution is 2.55. The SMILES string of the molecule is C[C@H](O)[C@@H](NC(=O)[C@@]12C[C@H]3OC(=O)[C@@H]1N(Cc1cccc(C=COCCO)c1)O[C@@H]2[C@H]1OCO[C@H]13)C(=O)NCCO. The average Bonchev–Trinajstić information content (AvgIpc) is 3.57. The molecule has 4 aliphatic rings. The van der Waals surface area contributed by atoms with Crippen LogP contribution in [-0.4, -0.2) is 114 Å². The van der Waals surface area contributed by atoms with Gasteiger partial charge in [0.25, 0.3) is 0 Å². The minimum absolute atomic E-state index is 0.0573. The van der Waals surface area contributed by atoms with E-state index >= 15 is 0 Å². The van der Waals surface area contributed by atoms with Gasteiger partial charge in [-0.15, -0.1) is 0 Å². The van der Waals surface area contributed by atoms with Crippen LogP contribution in [0.15, 0.2) is 30.5 Å². The van der Waals surface area contributed by atoms with Crippen molar-refractivity contribution in [2.75, 3.05) is 33.2 Å². The molecule has 0 aromatic heterocycles. The van der Waals surface area contributed by atoms with Gasteiger partial charge in [-0.3, -0.25) is 19.2 Å². The first-order valence-corrected chi connectivity index (χ1v) is 13.5. The van der Waals surface area contributed by atoms with E-state index in [9.17, 15) is 19.5 Å². The number of nitrogens with one attached hydrogen (secondary N) is 2. The average molecular weight is 578 g/mol. The predicted molar refractivity (Wildman–Crippen MR) is 138 cm³/mol. The predicted octanol–water partition coefficient (Wildman–Crippen LogP) is -1.82. The maximum Gasteiger partial charge on any atom is 0.327 e. The summed E-state index contributed by atoms with van der Waals surface area (Å²) in [5.41, 5.74) is 0.0652. The van der Waals surface area contributed by atoms with Gasteiger partial charge in [-0.05, 0) is 24.1 Å². The van der Waals surface area contributed by atoms with Crippen molar-refractivity contribution in [2.45, 2.75) is 62.5 Å². The Bertz CT molecular complexity index is 1160. The fourth-order valence-electron chi connectivity index (χ4n) is 6.03. The van der Waals surface area contributed by atoms with Crippen molar-refractivity contribution in [1.29, 1.82) is 0 Å². The number of aliphatic hydroxyl groups excluding tert-OH is 3. The summed E-state index contributed by atoms with van der Waals surface area (Å²) in [5, 5.41) is 34.8. The summed E-state index contributed by atoms with van der Waals surface area (Å²) in [6.45, 7) is 1.11. The Morgan fingerprint density at radius 1 is 1.24 bits per heavy atom. The monoisotopic (exact) mass is 577 g/mol. The number of benzene rings is 1. The maximum atomic E-state index is 14.1. The molecule has 14 heteroatoms. The molecule has 4 fully saturated rings. The number of hydrogen-bond donors (Lipinski definition) is 5. The fraction of sp³-hybridized carbons (Fsp3) is 0.593. The lowest BCUT2D eigenvalue weighted by Crippen LogP contribution is -2.71. The normalized spacial score (nSPS) is 31.8. The van der Waals surface area contributed by atoms with Crippen LogP contribution in [0.4, 0.5) is 0 Å². The molecule has 41 heavy (non-hydrogen) atoms. The van der Waals surface area contributed by atoms with Gasteiger partial charge in [0, 0.05) is 13.0 Å². The highest BCUT2D eigenvalue weighted by molar-refractivity contribution is 5.96. The van der Waals surface area contributed by atoms with Crippen molar-refractivity contribution < 1.29 is 53.5 Å². The molecular weight excluding hydrogens is 542 g/mol. The topological polar surface area (TPSA) is 185 Å². The second-order valence-electron chi connectivity index (χ2n) is 10.5. The summed E-state index contributed by atoms with van der Waals surface area (Å²) in [4.78, 5) is 46.7. The quantitative estimate of drug-likeness (QED) is 0.107. The van der Waals surface area contributed by atoms with E-state index in [1.54, 1.807) is 6.08 Å². The number of aliphatic hydroxyl groups is 3. The standard InChI is InChI=1S/C27H35N3O11/c1-15(33)19(24(34)28-6-7-31)29-26(36)27-12-18-20-21(39-14-38-20)23(27)41-30(22(27)25(35)40-18)13-17-4-2-3-16(11-17)5-9-37-10-8-32/h2-5,9,11,15,18-23,31-33H,6-8,10,12-14H2,1H3,(H,28,34)(H,29,36)/t15-,18+,19+,20-,21-,22-,23+,27-/m0/s1. The molecule has 2 bridgehead atoms. The number of carbonyl (C=O) groups is 3. The molecule has 2 amide bonds. The van der Waals surface area contributed by atoms with Crippen molar-refractivity contribution in [2.24, 2.45) is 5.41 Å². The molecule has 5 rings (SSSR count). The Morgan fingerprint density at radius 2 is 2.05 bits per heavy atom. The molecule has 1 saturated carbocycles. The molecule has 5 N–H and O–H groups in total. The van der Waals surface area contributed by atoms with E-state index in [1.807, 2.05) is 24.3 Å². The second kappa shape index (κ2) is 12.4. The largest absolute Gasteiger partial charge is 0.499 e. The summed E-state index contributed by atoms with van der Waals surface area (Å²) in [7, 11) is 0. The first-order chi connectivity index (χ1) is 19.8. The van der Waals surface area contributed by atoms with Crippen molar-refractivity contribution in [3.8, 4) is 0 Å². The van der Waals surface area contributed by atoms with Crippen LogP contribution in [0, 0.1) is 5.41 Å². The molecule has 0 unspecified atom stereocenters. The van der Waals surface area contributed by atoms with E-state index in [0.29, 0.717) is 0 Å². The van der Waals surface area contributed by atoms with Crippen LogP contribution in [-0.2, 0) is 44.7 Å². The number of amides is 2. The molecule has 8 atom stereocenters. The van der Waals surface area contributed by atoms with Gasteiger partial charge in [-0.1, -0.05) is 24.3 Å². The molecule has 1 aromatic carbocycles. The Morgan fingerprint density at radius 3 is 2.80 bits per heavy atom. The van der Waals surface area contributed by atoms with E-state index in [4.69, 9.17) is 34.0 Å². The third kappa shape index (κ3) is 5.56. The number of hydrogen-bond acceptors (Lipinski definition) is 12. The third-order valence-corrected chi connectivity index (χ3v) is 7.81. The Labute approximate surface area is 236 Å². The molecule has 0 radical (unpaired) electrons. The highest BCUT2D eigenvalue weighted by Gasteiger charge is 2.74. The number of fused-ring (bicyclic) bond motifs is 4. The van der Waals surface area contributed by atoms with E-state index < -0.39 is 65.8 Å². The van der Waals surface area contributed by atoms with E-state index in [0.717, 1.165) is 11.1 Å². The Hall–Kier alpha value is -3.11. The van der Waals surface area contributed by atoms with Crippen LogP contribution in [0.3, 0.4) is 0 Å². The lowest BCUT2D eigenvalue weighted by molar-refractivity contribution is -0.201. The second-order valence-corrected chi connectivity index (χ2v) is 10.5. The maximum absolute atomic E-state index is 14.1. The van der Waals surface area contributed by atoms with Gasteiger partial charge in [0.2, 0.25) is 11.8 Å². The molecule has 1 aromatic rings. The minimum atomic E-state index is -1.51. The lowest BCUT2D eigenvalue weighted by Gasteiger charge is -2.49. The van der Waals surface area contributed by atoms with Crippen LogP contribution in [0.5, 0.6) is 0 Å². The van der Waals surface area contributed by atoms with Crippen molar-refractivity contribution in [1.82, 2.24) is 15.7 Å². The molecule has 3 saturated heterocycles. The van der Waals surface area contributed by atoms with Gasteiger partial charge in [-0.2, -0.15) is 5.06 Å². The van der Waals surface area contributed by atoms with Gasteiger partial charge >= 0.3 is 5.97 Å². The zero-order chi connectivity index (χ0) is 29.1. The van der Waals surface area contributed by atoms with E-state index in [1.165, 1.54) is 18.2 Å². The summed E-state index contributed by atoms with van der Waals surface area (Å²) in [5.74, 6) is -2.01. The zero-order valence-electron chi connectivity index (χ0n) is 22.5. The van der Waals surface area contributed by atoms with Gasteiger partial charge < -0.3 is 44.9 Å². The van der Waals surface area contributed by atoms with Crippen LogP contribution in [0.2, 0.25) is 0 Å². The molecule has 14 nitrogen and oxygen atoms in total. The third-order valence-electron chi connectivity index (χ3n) is 7.81. The minimum Gasteiger partial charge on any atom is -0.499 e. The van der Waals surface area contributed by atoms with E-state index in [-0.39, 0.29) is 46.1 Å². The van der Waals surface area contributed by atoms with Gasteiger partial charge in [0.15, 0.2) is 6.04 Å².